The second-order valence-electron chi connectivity index (χ2n) is 7.66. The highest BCUT2D eigenvalue weighted by molar-refractivity contribution is 5.95. The van der Waals surface area contributed by atoms with Gasteiger partial charge >= 0.3 is 0 Å². The molecule has 0 radical (unpaired) electrons. The van der Waals surface area contributed by atoms with Gasteiger partial charge in [-0.15, -0.1) is 0 Å². The van der Waals surface area contributed by atoms with Crippen LogP contribution in [0.1, 0.15) is 58.8 Å². The van der Waals surface area contributed by atoms with Gasteiger partial charge in [-0.2, -0.15) is 5.10 Å². The molecule has 1 aromatic carbocycles. The third-order valence-electron chi connectivity index (χ3n) is 5.32. The minimum Gasteiger partial charge on any atom is -0.327 e. The molecule has 3 aromatic rings. The average molecular weight is 374 g/mol. The van der Waals surface area contributed by atoms with E-state index < -0.39 is 0 Å². The van der Waals surface area contributed by atoms with Crippen molar-refractivity contribution in [1.82, 2.24) is 19.7 Å². The van der Waals surface area contributed by atoms with Crippen molar-refractivity contribution in [1.29, 1.82) is 0 Å². The van der Waals surface area contributed by atoms with Crippen LogP contribution in [-0.4, -0.2) is 31.6 Å². The van der Waals surface area contributed by atoms with E-state index in [1.807, 2.05) is 52.9 Å². The van der Waals surface area contributed by atoms with Crippen LogP contribution in [0.15, 0.2) is 54.7 Å². The lowest BCUT2D eigenvalue weighted by atomic mass is 10.1. The van der Waals surface area contributed by atoms with Crippen molar-refractivity contribution in [2.45, 2.75) is 52.2 Å². The van der Waals surface area contributed by atoms with Gasteiger partial charge in [0, 0.05) is 23.5 Å². The summed E-state index contributed by atoms with van der Waals surface area (Å²) in [5, 5.41) is 4.53. The Labute approximate surface area is 166 Å². The molecule has 1 amide bonds. The SMILES string of the molecule is Cc1cc(C)n(Cc2cccc(C(=O)N(C3CC3)C(C)c3ccccn3)c2)n1. The van der Waals surface area contributed by atoms with E-state index in [9.17, 15) is 4.79 Å². The van der Waals surface area contributed by atoms with E-state index in [0.29, 0.717) is 12.6 Å². The van der Waals surface area contributed by atoms with Gasteiger partial charge in [-0.25, -0.2) is 0 Å². The number of carbonyl (C=O) groups excluding carboxylic acids is 1. The lowest BCUT2D eigenvalue weighted by Crippen LogP contribution is -2.36. The highest BCUT2D eigenvalue weighted by atomic mass is 16.2. The summed E-state index contributed by atoms with van der Waals surface area (Å²) in [6.45, 7) is 6.78. The largest absolute Gasteiger partial charge is 0.327 e. The van der Waals surface area contributed by atoms with Crippen LogP contribution < -0.4 is 0 Å². The summed E-state index contributed by atoms with van der Waals surface area (Å²) >= 11 is 0. The van der Waals surface area contributed by atoms with Crippen molar-refractivity contribution < 1.29 is 4.79 Å². The quantitative estimate of drug-likeness (QED) is 0.646. The van der Waals surface area contributed by atoms with Gasteiger partial charge in [0.2, 0.25) is 0 Å². The summed E-state index contributed by atoms with van der Waals surface area (Å²) in [6, 6.07) is 16.1. The molecule has 1 aliphatic rings. The minimum atomic E-state index is -0.0409. The smallest absolute Gasteiger partial charge is 0.254 e. The summed E-state index contributed by atoms with van der Waals surface area (Å²) in [6.07, 6.45) is 3.92. The number of carbonyl (C=O) groups is 1. The maximum absolute atomic E-state index is 13.4. The molecule has 0 spiro atoms. The van der Waals surface area contributed by atoms with Gasteiger partial charge in [0.15, 0.2) is 0 Å². The number of aromatic nitrogens is 3. The summed E-state index contributed by atoms with van der Waals surface area (Å²) in [5.41, 5.74) is 4.87. The zero-order valence-corrected chi connectivity index (χ0v) is 16.7. The number of hydrogen-bond donors (Lipinski definition) is 0. The van der Waals surface area contributed by atoms with Gasteiger partial charge in [0.25, 0.3) is 5.91 Å². The van der Waals surface area contributed by atoms with E-state index in [4.69, 9.17) is 0 Å². The molecule has 2 heterocycles. The van der Waals surface area contributed by atoms with Crippen LogP contribution in [0.25, 0.3) is 0 Å². The molecule has 1 fully saturated rings. The van der Waals surface area contributed by atoms with Crippen molar-refractivity contribution in [2.24, 2.45) is 0 Å². The number of benzene rings is 1. The molecule has 0 saturated heterocycles. The number of hydrogen-bond acceptors (Lipinski definition) is 3. The molecule has 1 aliphatic carbocycles. The van der Waals surface area contributed by atoms with Gasteiger partial charge in [-0.05, 0) is 69.5 Å². The van der Waals surface area contributed by atoms with Gasteiger partial charge in [0.1, 0.15) is 0 Å². The van der Waals surface area contributed by atoms with Gasteiger partial charge in [-0.3, -0.25) is 14.5 Å². The van der Waals surface area contributed by atoms with Crippen LogP contribution in [0.4, 0.5) is 0 Å². The Kier molecular flexibility index (Phi) is 4.99. The second kappa shape index (κ2) is 7.58. The second-order valence-corrected chi connectivity index (χ2v) is 7.66. The fourth-order valence-electron chi connectivity index (χ4n) is 3.74. The number of amides is 1. The summed E-state index contributed by atoms with van der Waals surface area (Å²) in [5.74, 6) is 0.0795. The monoisotopic (exact) mass is 374 g/mol. The fourth-order valence-corrected chi connectivity index (χ4v) is 3.74. The summed E-state index contributed by atoms with van der Waals surface area (Å²) in [7, 11) is 0. The zero-order chi connectivity index (χ0) is 19.7. The Balaban J connectivity index is 1.58. The first-order valence-electron chi connectivity index (χ1n) is 9.86. The van der Waals surface area contributed by atoms with Crippen molar-refractivity contribution in [3.8, 4) is 0 Å². The van der Waals surface area contributed by atoms with E-state index in [1.54, 1.807) is 6.20 Å². The Morgan fingerprint density at radius 1 is 1.18 bits per heavy atom. The zero-order valence-electron chi connectivity index (χ0n) is 16.7. The first-order valence-corrected chi connectivity index (χ1v) is 9.86. The predicted molar refractivity (Wildman–Crippen MR) is 109 cm³/mol. The third-order valence-corrected chi connectivity index (χ3v) is 5.32. The van der Waals surface area contributed by atoms with Crippen LogP contribution >= 0.6 is 0 Å². The van der Waals surface area contributed by atoms with Gasteiger partial charge in [-0.1, -0.05) is 18.2 Å². The molecule has 28 heavy (non-hydrogen) atoms. The number of pyridine rings is 1. The molecule has 144 valence electrons. The van der Waals surface area contributed by atoms with E-state index in [0.717, 1.165) is 41.1 Å². The van der Waals surface area contributed by atoms with Crippen molar-refractivity contribution in [3.63, 3.8) is 0 Å². The van der Waals surface area contributed by atoms with E-state index in [1.165, 1.54) is 0 Å². The Hall–Kier alpha value is -2.95. The Morgan fingerprint density at radius 3 is 2.64 bits per heavy atom. The molecule has 0 bridgehead atoms. The summed E-state index contributed by atoms with van der Waals surface area (Å²) < 4.78 is 1.98. The molecule has 1 atom stereocenters. The third kappa shape index (κ3) is 3.84. The number of rotatable bonds is 6. The Bertz CT molecular complexity index is 975. The fraction of sp³-hybridized carbons (Fsp3) is 0.348. The summed E-state index contributed by atoms with van der Waals surface area (Å²) in [4.78, 5) is 19.9. The maximum atomic E-state index is 13.4. The van der Waals surface area contributed by atoms with Gasteiger partial charge < -0.3 is 4.90 Å². The highest BCUT2D eigenvalue weighted by Gasteiger charge is 2.37. The normalized spacial score (nSPS) is 14.7. The first-order chi connectivity index (χ1) is 13.5. The molecule has 4 rings (SSSR count). The van der Waals surface area contributed by atoms with Crippen molar-refractivity contribution in [2.75, 3.05) is 0 Å². The van der Waals surface area contributed by atoms with E-state index in [-0.39, 0.29) is 11.9 Å². The van der Waals surface area contributed by atoms with Crippen LogP contribution in [-0.2, 0) is 6.54 Å². The lowest BCUT2D eigenvalue weighted by Gasteiger charge is -2.29. The highest BCUT2D eigenvalue weighted by Crippen LogP contribution is 2.35. The van der Waals surface area contributed by atoms with Crippen LogP contribution in [0.5, 0.6) is 0 Å². The van der Waals surface area contributed by atoms with Crippen LogP contribution in [0.2, 0.25) is 0 Å². The van der Waals surface area contributed by atoms with Crippen LogP contribution in [0.3, 0.4) is 0 Å². The minimum absolute atomic E-state index is 0.0409. The molecule has 2 aromatic heterocycles. The average Bonchev–Trinajstić information content (AvgIpc) is 3.48. The molecule has 1 saturated carbocycles. The van der Waals surface area contributed by atoms with E-state index >= 15 is 0 Å². The van der Waals surface area contributed by atoms with Crippen molar-refractivity contribution >= 4 is 5.91 Å². The molecule has 0 aliphatic heterocycles. The van der Waals surface area contributed by atoms with E-state index in [2.05, 4.69) is 36.1 Å². The van der Waals surface area contributed by atoms with Gasteiger partial charge in [0.05, 0.1) is 24.0 Å². The molecule has 5 nitrogen and oxygen atoms in total. The molecular weight excluding hydrogens is 348 g/mol. The first kappa shape index (κ1) is 18.4. The molecule has 1 unspecified atom stereocenters. The van der Waals surface area contributed by atoms with Crippen molar-refractivity contribution in [3.05, 3.63) is 82.9 Å². The number of aryl methyl sites for hydroxylation is 2. The van der Waals surface area contributed by atoms with Crippen LogP contribution in [0, 0.1) is 13.8 Å². The molecule has 5 heteroatoms. The standard InChI is InChI=1S/C23H26N4O/c1-16-13-17(2)26(25-16)15-19-7-6-8-20(14-19)23(28)27(21-10-11-21)18(3)22-9-4-5-12-24-22/h4-9,12-14,18,21H,10-11,15H2,1-3H3. The Morgan fingerprint density at radius 2 is 2.00 bits per heavy atom. The molecule has 0 N–H and O–H groups in total. The topological polar surface area (TPSA) is 51.0 Å². The lowest BCUT2D eigenvalue weighted by molar-refractivity contribution is 0.0670. The molecular formula is C23H26N4O. The predicted octanol–water partition coefficient (Wildman–Crippen LogP) is 4.31. The maximum Gasteiger partial charge on any atom is 0.254 e. The number of nitrogens with zero attached hydrogens (tertiary/aromatic N) is 4.